The summed E-state index contributed by atoms with van der Waals surface area (Å²) >= 11 is 0. The summed E-state index contributed by atoms with van der Waals surface area (Å²) in [5, 5.41) is 6.87. The Labute approximate surface area is 118 Å². The number of aromatic nitrogens is 3. The van der Waals surface area contributed by atoms with Crippen molar-refractivity contribution in [1.29, 1.82) is 0 Å². The van der Waals surface area contributed by atoms with Crippen molar-refractivity contribution < 1.29 is 0 Å². The van der Waals surface area contributed by atoms with E-state index in [1.807, 2.05) is 0 Å². The van der Waals surface area contributed by atoms with E-state index in [2.05, 4.69) is 29.0 Å². The van der Waals surface area contributed by atoms with Gasteiger partial charge in [0.15, 0.2) is 0 Å². The molecule has 0 spiro atoms. The van der Waals surface area contributed by atoms with Crippen LogP contribution < -0.4 is 0 Å². The summed E-state index contributed by atoms with van der Waals surface area (Å²) < 4.78 is 0. The van der Waals surface area contributed by atoms with E-state index in [4.69, 9.17) is 0 Å². The molecule has 0 fully saturated rings. The van der Waals surface area contributed by atoms with Crippen molar-refractivity contribution in [3.8, 4) is 0 Å². The van der Waals surface area contributed by atoms with Gasteiger partial charge < -0.3 is 0 Å². The molecule has 3 nitrogen and oxygen atoms in total. The maximum absolute atomic E-state index is 4.21. The molecular formula is C16H31N3. The molecule has 0 aromatic carbocycles. The van der Waals surface area contributed by atoms with Gasteiger partial charge in [-0.3, -0.25) is 5.10 Å². The van der Waals surface area contributed by atoms with Crippen LogP contribution in [0.1, 0.15) is 96.2 Å². The smallest absolute Gasteiger partial charge is 0.137 e. The third kappa shape index (κ3) is 8.02. The Bertz CT molecular complexity index is 282. The summed E-state index contributed by atoms with van der Waals surface area (Å²) in [7, 11) is 0. The van der Waals surface area contributed by atoms with Gasteiger partial charge in [-0.2, -0.15) is 5.10 Å². The number of nitrogens with zero attached hydrogens (tertiary/aromatic N) is 2. The third-order valence-corrected chi connectivity index (χ3v) is 3.89. The van der Waals surface area contributed by atoms with Crippen LogP contribution in [-0.4, -0.2) is 15.2 Å². The number of hydrogen-bond donors (Lipinski definition) is 1. The molecule has 1 aromatic heterocycles. The minimum absolute atomic E-state index is 0.525. The standard InChI is InChI=1S/C16H31N3/c1-3-4-5-6-7-8-9-10-11-12-13-15(2)16-17-14-18-19-16/h14-15H,3-13H2,1-2H3,(H,17,18,19). The molecule has 1 unspecified atom stereocenters. The number of aromatic amines is 1. The van der Waals surface area contributed by atoms with Gasteiger partial charge in [0.2, 0.25) is 0 Å². The first-order valence-corrected chi connectivity index (χ1v) is 8.19. The Morgan fingerprint density at radius 2 is 1.53 bits per heavy atom. The summed E-state index contributed by atoms with van der Waals surface area (Å²) in [5.74, 6) is 1.56. The topological polar surface area (TPSA) is 41.6 Å². The molecule has 0 bridgehead atoms. The fourth-order valence-electron chi connectivity index (χ4n) is 2.53. The molecule has 0 saturated carbocycles. The lowest BCUT2D eigenvalue weighted by molar-refractivity contribution is 0.528. The van der Waals surface area contributed by atoms with Gasteiger partial charge in [-0.15, -0.1) is 0 Å². The average molecular weight is 265 g/mol. The lowest BCUT2D eigenvalue weighted by Gasteiger charge is -2.07. The Morgan fingerprint density at radius 1 is 0.947 bits per heavy atom. The van der Waals surface area contributed by atoms with Crippen LogP contribution >= 0.6 is 0 Å². The number of nitrogens with one attached hydrogen (secondary N) is 1. The van der Waals surface area contributed by atoms with Crippen molar-refractivity contribution in [2.24, 2.45) is 0 Å². The van der Waals surface area contributed by atoms with Gasteiger partial charge in [0.1, 0.15) is 12.2 Å². The predicted molar refractivity (Wildman–Crippen MR) is 81.3 cm³/mol. The van der Waals surface area contributed by atoms with Crippen molar-refractivity contribution in [1.82, 2.24) is 15.2 Å². The Morgan fingerprint density at radius 3 is 2.05 bits per heavy atom. The van der Waals surface area contributed by atoms with E-state index in [1.165, 1.54) is 70.6 Å². The van der Waals surface area contributed by atoms with Crippen molar-refractivity contribution in [2.45, 2.75) is 90.4 Å². The Hall–Kier alpha value is -0.860. The van der Waals surface area contributed by atoms with Crippen molar-refractivity contribution in [2.75, 3.05) is 0 Å². The SMILES string of the molecule is CCCCCCCCCCCCC(C)c1ncn[nH]1. The van der Waals surface area contributed by atoms with Gasteiger partial charge in [-0.25, -0.2) is 4.98 Å². The van der Waals surface area contributed by atoms with Crippen LogP contribution in [0.15, 0.2) is 6.33 Å². The van der Waals surface area contributed by atoms with E-state index < -0.39 is 0 Å². The molecule has 0 amide bonds. The van der Waals surface area contributed by atoms with Crippen LogP contribution in [0.2, 0.25) is 0 Å². The monoisotopic (exact) mass is 265 g/mol. The average Bonchev–Trinajstić information content (AvgIpc) is 2.95. The molecule has 0 aliphatic heterocycles. The summed E-state index contributed by atoms with van der Waals surface area (Å²) in [5.41, 5.74) is 0. The van der Waals surface area contributed by atoms with Gasteiger partial charge in [-0.1, -0.05) is 78.1 Å². The zero-order valence-corrected chi connectivity index (χ0v) is 12.8. The second-order valence-electron chi connectivity index (χ2n) is 5.74. The highest BCUT2D eigenvalue weighted by molar-refractivity contribution is 4.89. The van der Waals surface area contributed by atoms with Gasteiger partial charge in [0, 0.05) is 5.92 Å². The summed E-state index contributed by atoms with van der Waals surface area (Å²) in [6.45, 7) is 4.51. The quantitative estimate of drug-likeness (QED) is 0.526. The minimum atomic E-state index is 0.525. The largest absolute Gasteiger partial charge is 0.263 e. The van der Waals surface area contributed by atoms with Crippen LogP contribution in [0.3, 0.4) is 0 Å². The molecule has 0 aliphatic rings. The van der Waals surface area contributed by atoms with Gasteiger partial charge in [0.25, 0.3) is 0 Å². The Balaban J connectivity index is 1.83. The first-order chi connectivity index (χ1) is 9.34. The summed E-state index contributed by atoms with van der Waals surface area (Å²) in [4.78, 5) is 4.21. The van der Waals surface area contributed by atoms with Crippen LogP contribution in [0.4, 0.5) is 0 Å². The van der Waals surface area contributed by atoms with E-state index in [0.717, 1.165) is 5.82 Å². The van der Waals surface area contributed by atoms with E-state index in [-0.39, 0.29) is 0 Å². The van der Waals surface area contributed by atoms with Crippen molar-refractivity contribution >= 4 is 0 Å². The maximum atomic E-state index is 4.21. The first kappa shape index (κ1) is 16.2. The molecule has 1 heterocycles. The molecule has 1 N–H and O–H groups in total. The molecule has 0 aliphatic carbocycles. The molecular weight excluding hydrogens is 234 g/mol. The zero-order valence-electron chi connectivity index (χ0n) is 12.8. The highest BCUT2D eigenvalue weighted by Gasteiger charge is 2.07. The second kappa shape index (κ2) is 11.0. The van der Waals surface area contributed by atoms with Crippen molar-refractivity contribution in [3.05, 3.63) is 12.2 Å². The van der Waals surface area contributed by atoms with Crippen LogP contribution in [0.5, 0.6) is 0 Å². The number of unbranched alkanes of at least 4 members (excludes halogenated alkanes) is 9. The predicted octanol–water partition coefficient (Wildman–Crippen LogP) is 5.22. The van der Waals surface area contributed by atoms with E-state index >= 15 is 0 Å². The normalized spacial score (nSPS) is 12.7. The van der Waals surface area contributed by atoms with Crippen molar-refractivity contribution in [3.63, 3.8) is 0 Å². The fourth-order valence-corrected chi connectivity index (χ4v) is 2.53. The first-order valence-electron chi connectivity index (χ1n) is 8.19. The number of H-pyrrole nitrogens is 1. The summed E-state index contributed by atoms with van der Waals surface area (Å²) in [6.07, 6.45) is 16.8. The molecule has 0 radical (unpaired) electrons. The molecule has 1 aromatic rings. The van der Waals surface area contributed by atoms with Crippen LogP contribution in [0, 0.1) is 0 Å². The summed E-state index contributed by atoms with van der Waals surface area (Å²) in [6, 6.07) is 0. The molecule has 1 atom stereocenters. The molecule has 19 heavy (non-hydrogen) atoms. The fraction of sp³-hybridized carbons (Fsp3) is 0.875. The highest BCUT2D eigenvalue weighted by Crippen LogP contribution is 2.18. The second-order valence-corrected chi connectivity index (χ2v) is 5.74. The Kier molecular flexibility index (Phi) is 9.38. The molecule has 0 saturated heterocycles. The van der Waals surface area contributed by atoms with E-state index in [0.29, 0.717) is 5.92 Å². The molecule has 1 rings (SSSR count). The maximum Gasteiger partial charge on any atom is 0.137 e. The third-order valence-electron chi connectivity index (χ3n) is 3.89. The van der Waals surface area contributed by atoms with E-state index in [1.54, 1.807) is 6.33 Å². The number of hydrogen-bond acceptors (Lipinski definition) is 2. The molecule has 110 valence electrons. The van der Waals surface area contributed by atoms with Gasteiger partial charge >= 0.3 is 0 Å². The lowest BCUT2D eigenvalue weighted by Crippen LogP contribution is -1.96. The van der Waals surface area contributed by atoms with Gasteiger partial charge in [0.05, 0.1) is 0 Å². The van der Waals surface area contributed by atoms with Gasteiger partial charge in [-0.05, 0) is 6.42 Å². The van der Waals surface area contributed by atoms with Crippen LogP contribution in [0.25, 0.3) is 0 Å². The number of rotatable bonds is 12. The minimum Gasteiger partial charge on any atom is -0.263 e. The van der Waals surface area contributed by atoms with E-state index in [9.17, 15) is 0 Å². The highest BCUT2D eigenvalue weighted by atomic mass is 15.2. The lowest BCUT2D eigenvalue weighted by atomic mass is 10.0. The molecule has 3 heteroatoms. The zero-order chi connectivity index (χ0) is 13.8. The van der Waals surface area contributed by atoms with Crippen LogP contribution in [-0.2, 0) is 0 Å².